The van der Waals surface area contributed by atoms with Crippen LogP contribution in [-0.2, 0) is 17.6 Å². The molecular formula is C19H20N2O. The third kappa shape index (κ3) is 2.27. The number of benzene rings is 2. The Hall–Kier alpha value is -2.29. The van der Waals surface area contributed by atoms with E-state index in [4.69, 9.17) is 0 Å². The van der Waals surface area contributed by atoms with Crippen molar-refractivity contribution in [2.75, 3.05) is 16.8 Å². The van der Waals surface area contributed by atoms with Gasteiger partial charge >= 0.3 is 0 Å². The largest absolute Gasteiger partial charge is 0.373 e. The lowest BCUT2D eigenvalue weighted by atomic mass is 9.95. The van der Waals surface area contributed by atoms with Gasteiger partial charge in [-0.2, -0.15) is 0 Å². The number of carbonyl (C=O) groups is 1. The number of hydrogen-bond acceptors (Lipinski definition) is 2. The molecule has 0 radical (unpaired) electrons. The molecule has 0 fully saturated rings. The predicted molar refractivity (Wildman–Crippen MR) is 89.3 cm³/mol. The number of aryl methyl sites for hydroxylation is 2. The summed E-state index contributed by atoms with van der Waals surface area (Å²) in [6.45, 7) is 0.829. The minimum absolute atomic E-state index is 0.110. The van der Waals surface area contributed by atoms with Gasteiger partial charge in [0, 0.05) is 17.9 Å². The summed E-state index contributed by atoms with van der Waals surface area (Å²) >= 11 is 0. The van der Waals surface area contributed by atoms with Crippen LogP contribution in [-0.4, -0.2) is 18.5 Å². The van der Waals surface area contributed by atoms with Crippen LogP contribution in [0.4, 0.5) is 11.4 Å². The van der Waals surface area contributed by atoms with Gasteiger partial charge in [0.05, 0.1) is 0 Å². The Kier molecular flexibility index (Phi) is 3.34. The van der Waals surface area contributed by atoms with Crippen molar-refractivity contribution in [1.29, 1.82) is 0 Å². The summed E-state index contributed by atoms with van der Waals surface area (Å²) in [6.07, 6.45) is 3.95. The molecule has 112 valence electrons. The maximum absolute atomic E-state index is 13.0. The van der Waals surface area contributed by atoms with Gasteiger partial charge in [-0.25, -0.2) is 0 Å². The zero-order valence-corrected chi connectivity index (χ0v) is 12.6. The highest BCUT2D eigenvalue weighted by Gasteiger charge is 2.30. The van der Waals surface area contributed by atoms with E-state index >= 15 is 0 Å². The molecule has 2 aliphatic heterocycles. The molecular weight excluding hydrogens is 272 g/mol. The average Bonchev–Trinajstić information content (AvgIpc) is 2.60. The monoisotopic (exact) mass is 292 g/mol. The maximum Gasteiger partial charge on any atom is 0.249 e. The first-order valence-corrected chi connectivity index (χ1v) is 8.06. The molecule has 2 heterocycles. The van der Waals surface area contributed by atoms with Crippen LogP contribution >= 0.6 is 0 Å². The van der Waals surface area contributed by atoms with E-state index in [0.717, 1.165) is 43.6 Å². The Bertz CT molecular complexity index is 710. The topological polar surface area (TPSA) is 32.3 Å². The summed E-state index contributed by atoms with van der Waals surface area (Å²) < 4.78 is 0. The number of amides is 1. The van der Waals surface area contributed by atoms with Crippen LogP contribution in [0.15, 0.2) is 48.5 Å². The first kappa shape index (κ1) is 13.4. The first-order valence-electron chi connectivity index (χ1n) is 8.06. The molecule has 1 amide bonds. The predicted octanol–water partition coefficient (Wildman–Crippen LogP) is 3.39. The molecule has 2 aromatic rings. The minimum Gasteiger partial charge on any atom is -0.373 e. The molecule has 22 heavy (non-hydrogen) atoms. The van der Waals surface area contributed by atoms with Crippen LogP contribution in [0.25, 0.3) is 0 Å². The van der Waals surface area contributed by atoms with Gasteiger partial charge in [-0.1, -0.05) is 36.4 Å². The van der Waals surface area contributed by atoms with E-state index in [-0.39, 0.29) is 11.9 Å². The average molecular weight is 292 g/mol. The fraction of sp³-hybridized carbons (Fsp3) is 0.316. The van der Waals surface area contributed by atoms with Crippen LogP contribution < -0.4 is 10.2 Å². The van der Waals surface area contributed by atoms with Crippen molar-refractivity contribution >= 4 is 17.3 Å². The fourth-order valence-corrected chi connectivity index (χ4v) is 3.57. The van der Waals surface area contributed by atoms with Gasteiger partial charge in [-0.05, 0) is 48.9 Å². The second kappa shape index (κ2) is 5.48. The second-order valence-corrected chi connectivity index (χ2v) is 6.11. The number of nitrogens with one attached hydrogen (secondary N) is 1. The Labute approximate surface area is 131 Å². The van der Waals surface area contributed by atoms with E-state index in [1.165, 1.54) is 11.1 Å². The van der Waals surface area contributed by atoms with Crippen LogP contribution in [0.5, 0.6) is 0 Å². The number of nitrogens with zero attached hydrogens (tertiary/aromatic N) is 1. The molecule has 2 aliphatic rings. The maximum atomic E-state index is 13.0. The van der Waals surface area contributed by atoms with E-state index < -0.39 is 0 Å². The van der Waals surface area contributed by atoms with Crippen LogP contribution in [0, 0.1) is 0 Å². The molecule has 1 atom stereocenters. The van der Waals surface area contributed by atoms with Gasteiger partial charge in [-0.15, -0.1) is 0 Å². The van der Waals surface area contributed by atoms with Crippen molar-refractivity contribution in [3.63, 3.8) is 0 Å². The van der Waals surface area contributed by atoms with Gasteiger partial charge in [0.2, 0.25) is 5.91 Å². The van der Waals surface area contributed by atoms with Crippen molar-refractivity contribution in [3.05, 3.63) is 59.7 Å². The summed E-state index contributed by atoms with van der Waals surface area (Å²) in [7, 11) is 0. The van der Waals surface area contributed by atoms with Crippen molar-refractivity contribution in [2.45, 2.75) is 31.7 Å². The van der Waals surface area contributed by atoms with E-state index in [1.54, 1.807) is 0 Å². The summed E-state index contributed by atoms with van der Waals surface area (Å²) in [5.41, 5.74) is 4.81. The van der Waals surface area contributed by atoms with Crippen molar-refractivity contribution in [2.24, 2.45) is 0 Å². The molecule has 1 N–H and O–H groups in total. The highest BCUT2D eigenvalue weighted by atomic mass is 16.2. The van der Waals surface area contributed by atoms with Crippen molar-refractivity contribution in [1.82, 2.24) is 0 Å². The zero-order chi connectivity index (χ0) is 14.9. The standard InChI is InChI=1S/C19H20N2O/c22-19(17-12-11-14-6-1-3-9-16(14)20-17)21-13-5-8-15-7-2-4-10-18(15)21/h1-4,6-7,9-10,17,20H,5,8,11-13H2. The summed E-state index contributed by atoms with van der Waals surface area (Å²) in [6, 6.07) is 16.5. The molecule has 1 unspecified atom stereocenters. The minimum atomic E-state index is -0.110. The molecule has 0 saturated heterocycles. The number of carbonyl (C=O) groups excluding carboxylic acids is 1. The van der Waals surface area contributed by atoms with E-state index in [2.05, 4.69) is 41.7 Å². The molecule has 2 aromatic carbocycles. The van der Waals surface area contributed by atoms with Crippen LogP contribution in [0.2, 0.25) is 0 Å². The normalized spacial score (nSPS) is 19.8. The zero-order valence-electron chi connectivity index (χ0n) is 12.6. The Morgan fingerprint density at radius 3 is 2.68 bits per heavy atom. The van der Waals surface area contributed by atoms with Crippen molar-refractivity contribution in [3.8, 4) is 0 Å². The second-order valence-electron chi connectivity index (χ2n) is 6.11. The number of para-hydroxylation sites is 2. The molecule has 0 aromatic heterocycles. The quantitative estimate of drug-likeness (QED) is 0.874. The molecule has 0 bridgehead atoms. The Balaban J connectivity index is 1.59. The molecule has 3 heteroatoms. The molecule has 4 rings (SSSR count). The highest BCUT2D eigenvalue weighted by molar-refractivity contribution is 6.00. The van der Waals surface area contributed by atoms with Crippen LogP contribution in [0.3, 0.4) is 0 Å². The van der Waals surface area contributed by atoms with Gasteiger partial charge in [0.15, 0.2) is 0 Å². The van der Waals surface area contributed by atoms with Gasteiger partial charge in [0.1, 0.15) is 6.04 Å². The van der Waals surface area contributed by atoms with E-state index in [9.17, 15) is 4.79 Å². The fourth-order valence-electron chi connectivity index (χ4n) is 3.57. The lowest BCUT2D eigenvalue weighted by molar-refractivity contribution is -0.119. The van der Waals surface area contributed by atoms with Gasteiger partial charge in [0.25, 0.3) is 0 Å². The smallest absolute Gasteiger partial charge is 0.249 e. The molecule has 0 spiro atoms. The van der Waals surface area contributed by atoms with E-state index in [0.29, 0.717) is 0 Å². The highest BCUT2D eigenvalue weighted by Crippen LogP contribution is 2.30. The Morgan fingerprint density at radius 2 is 1.77 bits per heavy atom. The first-order chi connectivity index (χ1) is 10.8. The van der Waals surface area contributed by atoms with Crippen LogP contribution in [0.1, 0.15) is 24.0 Å². The van der Waals surface area contributed by atoms with Gasteiger partial charge in [-0.3, -0.25) is 4.79 Å². The lowest BCUT2D eigenvalue weighted by Gasteiger charge is -2.34. The molecule has 3 nitrogen and oxygen atoms in total. The summed E-state index contributed by atoms with van der Waals surface area (Å²) in [4.78, 5) is 15.0. The van der Waals surface area contributed by atoms with Gasteiger partial charge < -0.3 is 10.2 Å². The number of rotatable bonds is 1. The summed E-state index contributed by atoms with van der Waals surface area (Å²) in [5, 5.41) is 3.43. The van der Waals surface area contributed by atoms with E-state index in [1.807, 2.05) is 17.0 Å². The lowest BCUT2D eigenvalue weighted by Crippen LogP contribution is -2.46. The summed E-state index contributed by atoms with van der Waals surface area (Å²) in [5.74, 6) is 0.210. The molecule has 0 aliphatic carbocycles. The third-order valence-electron chi connectivity index (χ3n) is 4.72. The number of fused-ring (bicyclic) bond motifs is 2. The third-order valence-corrected chi connectivity index (χ3v) is 4.72. The number of anilines is 2. The number of hydrogen-bond donors (Lipinski definition) is 1. The molecule has 0 saturated carbocycles. The van der Waals surface area contributed by atoms with Crippen molar-refractivity contribution < 1.29 is 4.79 Å². The SMILES string of the molecule is O=C(C1CCc2ccccc2N1)N1CCCc2ccccc21. The Morgan fingerprint density at radius 1 is 1.00 bits per heavy atom.